The zero-order valence-corrected chi connectivity index (χ0v) is 26.8. The number of aryl methyl sites for hydroxylation is 3. The number of aromatic nitrogens is 1. The van der Waals surface area contributed by atoms with Gasteiger partial charge in [-0.1, -0.05) is 83.6 Å². The molecule has 6 aromatic rings. The largest absolute Gasteiger partial charge is 0.471 e. The minimum absolute atomic E-state index is 0.0344. The molecule has 1 N–H and O–H groups in total. The van der Waals surface area contributed by atoms with Gasteiger partial charge in [0.25, 0.3) is 5.69 Å². The Morgan fingerprint density at radius 3 is 2.13 bits per heavy atom. The first-order chi connectivity index (χ1) is 22.2. The Labute approximate surface area is 271 Å². The third-order valence-electron chi connectivity index (χ3n) is 8.40. The highest BCUT2D eigenvalue weighted by molar-refractivity contribution is 7.16. The molecule has 2 heterocycles. The molecule has 0 amide bonds. The number of nitro groups is 1. The molecule has 0 bridgehead atoms. The van der Waals surface area contributed by atoms with Crippen molar-refractivity contribution in [2.24, 2.45) is 0 Å². The minimum atomic E-state index is -0.994. The molecule has 0 radical (unpaired) electrons. The third-order valence-corrected chi connectivity index (χ3v) is 9.63. The highest BCUT2D eigenvalue weighted by atomic mass is 32.1. The number of fused-ring (bicyclic) bond motifs is 3. The molecule has 1 aliphatic rings. The van der Waals surface area contributed by atoms with E-state index in [0.29, 0.717) is 5.69 Å². The third kappa shape index (κ3) is 5.06. The smallest absolute Gasteiger partial charge is 0.292 e. The number of benzene rings is 5. The van der Waals surface area contributed by atoms with Gasteiger partial charge in [-0.2, -0.15) is 0 Å². The number of hydrogen-bond acceptors (Lipinski definition) is 7. The van der Waals surface area contributed by atoms with E-state index in [2.05, 4.69) is 78.7 Å². The molecule has 0 spiro atoms. The molecule has 0 aliphatic carbocycles. The molecule has 46 heavy (non-hydrogen) atoms. The van der Waals surface area contributed by atoms with Gasteiger partial charge in [0.05, 0.1) is 15.5 Å². The molecule has 1 aromatic heterocycles. The van der Waals surface area contributed by atoms with Crippen LogP contribution in [-0.2, 0) is 5.60 Å². The summed E-state index contributed by atoms with van der Waals surface area (Å²) in [5.74, 6) is 0.768. The Kier molecular flexibility index (Phi) is 7.29. The van der Waals surface area contributed by atoms with Gasteiger partial charge in [-0.05, 0) is 74.4 Å². The molecule has 1 aliphatic heterocycles. The molecule has 0 saturated carbocycles. The van der Waals surface area contributed by atoms with E-state index in [1.54, 1.807) is 23.5 Å². The zero-order valence-electron chi connectivity index (χ0n) is 25.9. The minimum Gasteiger partial charge on any atom is -0.471 e. The lowest BCUT2D eigenvalue weighted by molar-refractivity contribution is -0.384. The maximum absolute atomic E-state index is 11.8. The summed E-state index contributed by atoms with van der Waals surface area (Å²) in [5.41, 5.74) is 8.08. The van der Waals surface area contributed by atoms with Gasteiger partial charge >= 0.3 is 0 Å². The first-order valence-corrected chi connectivity index (χ1v) is 15.8. The lowest BCUT2D eigenvalue weighted by Gasteiger charge is -2.39. The second kappa shape index (κ2) is 11.5. The number of anilines is 4. The van der Waals surface area contributed by atoms with E-state index in [9.17, 15) is 10.1 Å². The van der Waals surface area contributed by atoms with Crippen LogP contribution in [-0.4, -0.2) is 17.0 Å². The lowest BCUT2D eigenvalue weighted by Crippen LogP contribution is -2.37. The second-order valence-electron chi connectivity index (χ2n) is 11.7. The van der Waals surface area contributed by atoms with Gasteiger partial charge < -0.3 is 15.0 Å². The van der Waals surface area contributed by atoms with E-state index >= 15 is 0 Å². The normalized spacial score (nSPS) is 15.0. The standard InChI is InChI=1S/C38H32N4O3S/c1-24-10-14-27(15-11-24)38(28-16-18-29(19-17-28)39-32-21-13-25(2)22-33(32)42(43)44)36-35(31-20-12-26(3)23-34(31)45-38)40-37(46-36)41(4)30-8-6-5-7-9-30/h5-23,39H,1-4H3. The fourth-order valence-electron chi connectivity index (χ4n) is 5.93. The molecule has 1 atom stereocenters. The van der Waals surface area contributed by atoms with Crippen LogP contribution in [0.15, 0.2) is 115 Å². The Morgan fingerprint density at radius 1 is 0.804 bits per heavy atom. The fraction of sp³-hybridized carbons (Fsp3) is 0.132. The van der Waals surface area contributed by atoms with E-state index in [1.807, 2.05) is 62.5 Å². The first-order valence-electron chi connectivity index (χ1n) is 15.0. The predicted molar refractivity (Wildman–Crippen MR) is 186 cm³/mol. The van der Waals surface area contributed by atoms with Crippen molar-refractivity contribution in [1.82, 2.24) is 4.98 Å². The van der Waals surface area contributed by atoms with E-state index in [4.69, 9.17) is 9.72 Å². The van der Waals surface area contributed by atoms with Crippen molar-refractivity contribution < 1.29 is 9.66 Å². The molecular formula is C38H32N4O3S. The average molecular weight is 625 g/mol. The van der Waals surface area contributed by atoms with Crippen molar-refractivity contribution in [2.45, 2.75) is 26.4 Å². The maximum Gasteiger partial charge on any atom is 0.292 e. The molecule has 7 rings (SSSR count). The van der Waals surface area contributed by atoms with Gasteiger partial charge in [-0.25, -0.2) is 4.98 Å². The summed E-state index contributed by atoms with van der Waals surface area (Å²) in [5, 5.41) is 15.9. The Balaban J connectivity index is 1.40. The molecular weight excluding hydrogens is 593 g/mol. The second-order valence-corrected chi connectivity index (χ2v) is 12.7. The molecule has 228 valence electrons. The predicted octanol–water partition coefficient (Wildman–Crippen LogP) is 9.84. The van der Waals surface area contributed by atoms with E-state index in [-0.39, 0.29) is 10.6 Å². The van der Waals surface area contributed by atoms with Crippen LogP contribution in [0.25, 0.3) is 11.3 Å². The summed E-state index contributed by atoms with van der Waals surface area (Å²) in [6, 6.07) is 38.1. The number of hydrogen-bond donors (Lipinski definition) is 1. The van der Waals surface area contributed by atoms with Gasteiger partial charge in [-0.15, -0.1) is 0 Å². The highest BCUT2D eigenvalue weighted by Gasteiger charge is 2.47. The number of ether oxygens (including phenoxy) is 1. The van der Waals surface area contributed by atoms with Crippen LogP contribution in [0, 0.1) is 30.9 Å². The molecule has 0 fully saturated rings. The van der Waals surface area contributed by atoms with Gasteiger partial charge in [-0.3, -0.25) is 10.1 Å². The molecule has 5 aromatic carbocycles. The van der Waals surface area contributed by atoms with Gasteiger partial charge in [0.2, 0.25) is 0 Å². The van der Waals surface area contributed by atoms with Crippen LogP contribution in [0.1, 0.15) is 32.7 Å². The maximum atomic E-state index is 11.8. The monoisotopic (exact) mass is 624 g/mol. The molecule has 1 unspecified atom stereocenters. The van der Waals surface area contributed by atoms with Crippen molar-refractivity contribution in [3.05, 3.63) is 158 Å². The van der Waals surface area contributed by atoms with Crippen molar-refractivity contribution >= 4 is 39.2 Å². The van der Waals surface area contributed by atoms with Crippen molar-refractivity contribution in [3.63, 3.8) is 0 Å². The van der Waals surface area contributed by atoms with Crippen LogP contribution >= 0.6 is 11.3 Å². The zero-order chi connectivity index (χ0) is 32.0. The van der Waals surface area contributed by atoms with Crippen LogP contribution in [0.4, 0.5) is 27.9 Å². The topological polar surface area (TPSA) is 80.5 Å². The number of nitrogens with one attached hydrogen (secondary N) is 1. The number of thiazole rings is 1. The van der Waals surface area contributed by atoms with E-state index in [0.717, 1.165) is 66.2 Å². The van der Waals surface area contributed by atoms with Crippen LogP contribution < -0.4 is 15.0 Å². The summed E-state index contributed by atoms with van der Waals surface area (Å²) < 4.78 is 7.20. The van der Waals surface area contributed by atoms with Crippen LogP contribution in [0.2, 0.25) is 0 Å². The van der Waals surface area contributed by atoms with Gasteiger partial charge in [0.1, 0.15) is 11.4 Å². The molecule has 7 nitrogen and oxygen atoms in total. The summed E-state index contributed by atoms with van der Waals surface area (Å²) in [4.78, 5) is 19.8. The van der Waals surface area contributed by atoms with Crippen molar-refractivity contribution in [1.29, 1.82) is 0 Å². The Bertz CT molecular complexity index is 2070. The highest BCUT2D eigenvalue weighted by Crippen LogP contribution is 2.55. The molecule has 8 heteroatoms. The van der Waals surface area contributed by atoms with E-state index < -0.39 is 5.60 Å². The van der Waals surface area contributed by atoms with Gasteiger partial charge in [0, 0.05) is 41.2 Å². The Morgan fingerprint density at radius 2 is 1.43 bits per heavy atom. The van der Waals surface area contributed by atoms with Crippen molar-refractivity contribution in [3.8, 4) is 17.0 Å². The quantitative estimate of drug-likeness (QED) is 0.141. The number of nitrogens with zero attached hydrogens (tertiary/aromatic N) is 3. The van der Waals surface area contributed by atoms with Crippen LogP contribution in [0.5, 0.6) is 5.75 Å². The summed E-state index contributed by atoms with van der Waals surface area (Å²) >= 11 is 1.62. The fourth-order valence-corrected chi connectivity index (χ4v) is 7.17. The summed E-state index contributed by atoms with van der Waals surface area (Å²) in [7, 11) is 2.04. The lowest BCUT2D eigenvalue weighted by atomic mass is 9.81. The number of nitro benzene ring substituents is 1. The van der Waals surface area contributed by atoms with Crippen LogP contribution in [0.3, 0.4) is 0 Å². The Hall–Kier alpha value is -5.47. The molecule has 0 saturated heterocycles. The summed E-state index contributed by atoms with van der Waals surface area (Å²) in [6.07, 6.45) is 0. The average Bonchev–Trinajstić information content (AvgIpc) is 3.52. The first kappa shape index (κ1) is 29.3. The van der Waals surface area contributed by atoms with Gasteiger partial charge in [0.15, 0.2) is 10.7 Å². The van der Waals surface area contributed by atoms with E-state index in [1.165, 1.54) is 0 Å². The summed E-state index contributed by atoms with van der Waals surface area (Å²) in [6.45, 7) is 5.98. The SMILES string of the molecule is Cc1ccc(C2(c3ccc(Nc4ccc(C)cc4[N+](=O)[O-])cc3)Oc3cc(C)ccc3-c3nc(N(C)c4ccccc4)sc32)cc1. The number of para-hydroxylation sites is 1. The number of rotatable bonds is 7. The van der Waals surface area contributed by atoms with Crippen molar-refractivity contribution in [2.75, 3.05) is 17.3 Å².